The third-order valence-corrected chi connectivity index (χ3v) is 4.94. The summed E-state index contributed by atoms with van der Waals surface area (Å²) in [5, 5.41) is 0. The quantitative estimate of drug-likeness (QED) is 0.356. The van der Waals surface area contributed by atoms with Crippen LogP contribution in [0.25, 0.3) is 33.5 Å². The lowest BCUT2D eigenvalue weighted by Gasteiger charge is -2.17. The van der Waals surface area contributed by atoms with Crippen LogP contribution < -0.4 is 0 Å². The van der Waals surface area contributed by atoms with Crippen LogP contribution in [0.15, 0.2) is 95.5 Å². The van der Waals surface area contributed by atoms with Crippen LogP contribution in [0, 0.1) is 6.92 Å². The molecule has 0 fully saturated rings. The molecule has 0 radical (unpaired) electrons. The van der Waals surface area contributed by atoms with E-state index in [9.17, 15) is 0 Å². The summed E-state index contributed by atoms with van der Waals surface area (Å²) < 4.78 is 1.08. The molecular formula is C24H18BrN. The van der Waals surface area contributed by atoms with E-state index in [2.05, 4.69) is 102 Å². The fourth-order valence-electron chi connectivity index (χ4n) is 3.23. The number of aromatic nitrogens is 1. The Balaban J connectivity index is 2.05. The molecule has 1 aromatic heterocycles. The minimum atomic E-state index is 1.02. The summed E-state index contributed by atoms with van der Waals surface area (Å²) >= 11 is 3.53. The summed E-state index contributed by atoms with van der Waals surface area (Å²) in [6.07, 6.45) is 0. The van der Waals surface area contributed by atoms with Gasteiger partial charge in [-0.25, -0.2) is 0 Å². The molecule has 0 unspecified atom stereocenters. The van der Waals surface area contributed by atoms with E-state index >= 15 is 0 Å². The largest absolute Gasteiger partial charge is 0.252 e. The lowest BCUT2D eigenvalue weighted by molar-refractivity contribution is 1.21. The van der Waals surface area contributed by atoms with Gasteiger partial charge in [-0.1, -0.05) is 88.7 Å². The van der Waals surface area contributed by atoms with Gasteiger partial charge in [-0.15, -0.1) is 0 Å². The van der Waals surface area contributed by atoms with Crippen LogP contribution in [-0.2, 0) is 0 Å². The molecule has 26 heavy (non-hydrogen) atoms. The van der Waals surface area contributed by atoms with Crippen molar-refractivity contribution in [2.75, 3.05) is 0 Å². The van der Waals surface area contributed by atoms with Gasteiger partial charge in [-0.3, -0.25) is 4.98 Å². The molecule has 0 N–H and O–H groups in total. The molecule has 4 rings (SSSR count). The van der Waals surface area contributed by atoms with Crippen LogP contribution in [-0.4, -0.2) is 4.98 Å². The van der Waals surface area contributed by atoms with Crippen molar-refractivity contribution < 1.29 is 0 Å². The Kier molecular flexibility index (Phi) is 4.68. The summed E-state index contributed by atoms with van der Waals surface area (Å²) in [4.78, 5) is 4.91. The van der Waals surface area contributed by atoms with Crippen LogP contribution in [0.3, 0.4) is 0 Å². The highest BCUT2D eigenvalue weighted by atomic mass is 79.9. The number of halogens is 1. The smallest absolute Gasteiger partial charge is 0.0789 e. The molecule has 0 amide bonds. The second kappa shape index (κ2) is 7.27. The van der Waals surface area contributed by atoms with E-state index in [0.717, 1.165) is 21.4 Å². The number of hydrogen-bond acceptors (Lipinski definition) is 1. The maximum absolute atomic E-state index is 4.91. The SMILES string of the molecule is Cc1cc(-c2ccc(Br)cc2)c(-c2ccccc2)c(-c2ccccc2)n1. The molecule has 0 aliphatic heterocycles. The summed E-state index contributed by atoms with van der Waals surface area (Å²) in [6.45, 7) is 2.06. The van der Waals surface area contributed by atoms with E-state index < -0.39 is 0 Å². The third-order valence-electron chi connectivity index (χ3n) is 4.41. The van der Waals surface area contributed by atoms with Crippen molar-refractivity contribution >= 4 is 15.9 Å². The van der Waals surface area contributed by atoms with Gasteiger partial charge in [0, 0.05) is 21.3 Å². The van der Waals surface area contributed by atoms with Crippen molar-refractivity contribution in [1.82, 2.24) is 4.98 Å². The summed E-state index contributed by atoms with van der Waals surface area (Å²) in [6, 6.07) is 31.6. The predicted octanol–water partition coefficient (Wildman–Crippen LogP) is 7.15. The first-order chi connectivity index (χ1) is 12.7. The molecule has 0 bridgehead atoms. The number of pyridine rings is 1. The Morgan fingerprint density at radius 3 is 1.85 bits per heavy atom. The second-order valence-corrected chi connectivity index (χ2v) is 7.19. The van der Waals surface area contributed by atoms with Gasteiger partial charge in [0.15, 0.2) is 0 Å². The van der Waals surface area contributed by atoms with Crippen molar-refractivity contribution in [1.29, 1.82) is 0 Å². The zero-order valence-electron chi connectivity index (χ0n) is 14.5. The zero-order chi connectivity index (χ0) is 17.9. The normalized spacial score (nSPS) is 10.7. The molecule has 0 aliphatic rings. The van der Waals surface area contributed by atoms with E-state index in [0.29, 0.717) is 0 Å². The maximum Gasteiger partial charge on any atom is 0.0789 e. The van der Waals surface area contributed by atoms with Crippen LogP contribution in [0.4, 0.5) is 0 Å². The average molecular weight is 400 g/mol. The summed E-state index contributed by atoms with van der Waals surface area (Å²) in [5.74, 6) is 0. The van der Waals surface area contributed by atoms with E-state index in [1.807, 2.05) is 12.1 Å². The molecule has 0 atom stereocenters. The molecule has 1 nitrogen and oxygen atoms in total. The van der Waals surface area contributed by atoms with E-state index in [4.69, 9.17) is 4.98 Å². The highest BCUT2D eigenvalue weighted by molar-refractivity contribution is 9.10. The molecule has 1 heterocycles. The second-order valence-electron chi connectivity index (χ2n) is 6.27. The van der Waals surface area contributed by atoms with E-state index in [1.54, 1.807) is 0 Å². The molecule has 0 aliphatic carbocycles. The number of nitrogens with zero attached hydrogens (tertiary/aromatic N) is 1. The highest BCUT2D eigenvalue weighted by Crippen LogP contribution is 2.39. The van der Waals surface area contributed by atoms with Gasteiger partial charge in [0.05, 0.1) is 5.69 Å². The van der Waals surface area contributed by atoms with Crippen molar-refractivity contribution in [2.45, 2.75) is 6.92 Å². The predicted molar refractivity (Wildman–Crippen MR) is 113 cm³/mol. The van der Waals surface area contributed by atoms with Gasteiger partial charge in [0.1, 0.15) is 0 Å². The summed E-state index contributed by atoms with van der Waals surface area (Å²) in [7, 11) is 0. The molecule has 0 saturated carbocycles. The molecular weight excluding hydrogens is 382 g/mol. The Morgan fingerprint density at radius 1 is 0.654 bits per heavy atom. The molecule has 2 heteroatoms. The van der Waals surface area contributed by atoms with Crippen LogP contribution in [0.1, 0.15) is 5.69 Å². The van der Waals surface area contributed by atoms with Gasteiger partial charge < -0.3 is 0 Å². The molecule has 4 aromatic rings. The lowest BCUT2D eigenvalue weighted by Crippen LogP contribution is -1.96. The molecule has 0 spiro atoms. The number of rotatable bonds is 3. The average Bonchev–Trinajstić information content (AvgIpc) is 2.69. The first-order valence-electron chi connectivity index (χ1n) is 8.61. The molecule has 3 aromatic carbocycles. The van der Waals surface area contributed by atoms with Crippen LogP contribution >= 0.6 is 15.9 Å². The van der Waals surface area contributed by atoms with Gasteiger partial charge in [0.2, 0.25) is 0 Å². The van der Waals surface area contributed by atoms with Crippen molar-refractivity contribution in [2.24, 2.45) is 0 Å². The standard InChI is InChI=1S/C24H18BrN/c1-17-16-22(18-12-14-21(25)15-13-18)23(19-8-4-2-5-9-19)24(26-17)20-10-6-3-7-11-20/h2-16H,1H3. The van der Waals surface area contributed by atoms with Gasteiger partial charge in [-0.05, 0) is 41.8 Å². The monoisotopic (exact) mass is 399 g/mol. The topological polar surface area (TPSA) is 12.9 Å². The third kappa shape index (κ3) is 3.33. The van der Waals surface area contributed by atoms with Crippen molar-refractivity contribution in [3.63, 3.8) is 0 Å². The Labute approximate surface area is 162 Å². The number of aryl methyl sites for hydroxylation is 1. The van der Waals surface area contributed by atoms with Gasteiger partial charge in [0.25, 0.3) is 0 Å². The Morgan fingerprint density at radius 2 is 1.23 bits per heavy atom. The minimum Gasteiger partial charge on any atom is -0.252 e. The molecule has 0 saturated heterocycles. The lowest BCUT2D eigenvalue weighted by atomic mass is 9.90. The highest BCUT2D eigenvalue weighted by Gasteiger charge is 2.16. The Hall–Kier alpha value is -2.71. The number of hydrogen-bond donors (Lipinski definition) is 0. The van der Waals surface area contributed by atoms with Gasteiger partial charge >= 0.3 is 0 Å². The first kappa shape index (κ1) is 16.7. The zero-order valence-corrected chi connectivity index (χ0v) is 16.1. The number of benzene rings is 3. The Bertz CT molecular complexity index is 1020. The van der Waals surface area contributed by atoms with E-state index in [-0.39, 0.29) is 0 Å². The maximum atomic E-state index is 4.91. The van der Waals surface area contributed by atoms with Crippen molar-refractivity contribution in [3.8, 4) is 33.5 Å². The minimum absolute atomic E-state index is 1.02. The van der Waals surface area contributed by atoms with Crippen LogP contribution in [0.5, 0.6) is 0 Å². The fraction of sp³-hybridized carbons (Fsp3) is 0.0417. The first-order valence-corrected chi connectivity index (χ1v) is 9.40. The summed E-state index contributed by atoms with van der Waals surface area (Å²) in [5.41, 5.74) is 7.91. The molecule has 126 valence electrons. The van der Waals surface area contributed by atoms with Gasteiger partial charge in [-0.2, -0.15) is 0 Å². The fourth-order valence-corrected chi connectivity index (χ4v) is 3.50. The van der Waals surface area contributed by atoms with E-state index in [1.165, 1.54) is 22.3 Å². The van der Waals surface area contributed by atoms with Crippen molar-refractivity contribution in [3.05, 3.63) is 101 Å². The van der Waals surface area contributed by atoms with Crippen LogP contribution in [0.2, 0.25) is 0 Å².